The van der Waals surface area contributed by atoms with E-state index in [1.807, 2.05) is 14.0 Å². The normalized spacial score (nSPS) is 10.6. The molecule has 2 rings (SSSR count). The Hall–Kier alpha value is -1.97. The molecule has 1 aromatic heterocycles. The Morgan fingerprint density at radius 3 is 2.75 bits per heavy atom. The van der Waals surface area contributed by atoms with Gasteiger partial charge < -0.3 is 10.1 Å². The molecule has 0 atom stereocenters. The Bertz CT molecular complexity index is 575. The lowest BCUT2D eigenvalue weighted by molar-refractivity contribution is 0.370. The number of benzene rings is 1. The standard InChI is InChI=1S/C16H23N3O/c1-5-8-13-9-6-7-10-15(13)17-11-14-12(2)18-19(3)16(14)20-4/h6-7,9-10,17H,5,8,11H2,1-4H3. The lowest BCUT2D eigenvalue weighted by atomic mass is 10.1. The number of anilines is 1. The van der Waals surface area contributed by atoms with E-state index in [1.165, 1.54) is 11.3 Å². The third kappa shape index (κ3) is 2.95. The maximum atomic E-state index is 5.42. The van der Waals surface area contributed by atoms with Crippen molar-refractivity contribution in [2.75, 3.05) is 12.4 Å². The largest absolute Gasteiger partial charge is 0.481 e. The summed E-state index contributed by atoms with van der Waals surface area (Å²) in [6, 6.07) is 8.46. The summed E-state index contributed by atoms with van der Waals surface area (Å²) in [5.74, 6) is 0.822. The zero-order valence-corrected chi connectivity index (χ0v) is 12.7. The van der Waals surface area contributed by atoms with Crippen molar-refractivity contribution in [3.05, 3.63) is 41.1 Å². The van der Waals surface area contributed by atoms with E-state index in [-0.39, 0.29) is 0 Å². The van der Waals surface area contributed by atoms with Gasteiger partial charge in [0, 0.05) is 19.3 Å². The van der Waals surface area contributed by atoms with Crippen LogP contribution < -0.4 is 10.1 Å². The van der Waals surface area contributed by atoms with E-state index in [9.17, 15) is 0 Å². The van der Waals surface area contributed by atoms with Crippen LogP contribution in [0.4, 0.5) is 5.69 Å². The highest BCUT2D eigenvalue weighted by Gasteiger charge is 2.13. The van der Waals surface area contributed by atoms with Crippen molar-refractivity contribution in [2.45, 2.75) is 33.2 Å². The van der Waals surface area contributed by atoms with E-state index < -0.39 is 0 Å². The molecule has 20 heavy (non-hydrogen) atoms. The zero-order chi connectivity index (χ0) is 14.5. The SMILES string of the molecule is CCCc1ccccc1NCc1c(C)nn(C)c1OC. The fraction of sp³-hybridized carbons (Fsp3) is 0.438. The monoisotopic (exact) mass is 273 g/mol. The average Bonchev–Trinajstić information content (AvgIpc) is 2.71. The molecule has 0 fully saturated rings. The molecule has 4 nitrogen and oxygen atoms in total. The molecule has 108 valence electrons. The minimum atomic E-state index is 0.726. The fourth-order valence-electron chi connectivity index (χ4n) is 2.50. The van der Waals surface area contributed by atoms with Crippen molar-refractivity contribution >= 4 is 5.69 Å². The van der Waals surface area contributed by atoms with E-state index >= 15 is 0 Å². The summed E-state index contributed by atoms with van der Waals surface area (Å²) in [5.41, 5.74) is 4.67. The van der Waals surface area contributed by atoms with Crippen molar-refractivity contribution in [1.82, 2.24) is 9.78 Å². The van der Waals surface area contributed by atoms with Crippen LogP contribution in [-0.2, 0) is 20.0 Å². The molecule has 0 saturated heterocycles. The Morgan fingerprint density at radius 1 is 1.30 bits per heavy atom. The second kappa shape index (κ2) is 6.46. The van der Waals surface area contributed by atoms with Gasteiger partial charge >= 0.3 is 0 Å². The van der Waals surface area contributed by atoms with Crippen LogP contribution in [0.25, 0.3) is 0 Å². The summed E-state index contributed by atoms with van der Waals surface area (Å²) in [7, 11) is 3.59. The molecule has 2 aromatic rings. The molecule has 1 N–H and O–H groups in total. The zero-order valence-electron chi connectivity index (χ0n) is 12.7. The van der Waals surface area contributed by atoms with Crippen LogP contribution in [-0.4, -0.2) is 16.9 Å². The molecule has 0 aliphatic rings. The molecular weight excluding hydrogens is 250 g/mol. The number of para-hydroxylation sites is 1. The van der Waals surface area contributed by atoms with Crippen molar-refractivity contribution in [2.24, 2.45) is 7.05 Å². The van der Waals surface area contributed by atoms with Crippen LogP contribution >= 0.6 is 0 Å². The van der Waals surface area contributed by atoms with Gasteiger partial charge in [0.25, 0.3) is 0 Å². The lowest BCUT2D eigenvalue weighted by Crippen LogP contribution is -2.04. The second-order valence-electron chi connectivity index (χ2n) is 4.96. The summed E-state index contributed by atoms with van der Waals surface area (Å²) in [6.07, 6.45) is 2.24. The maximum Gasteiger partial charge on any atom is 0.216 e. The number of nitrogens with one attached hydrogen (secondary N) is 1. The van der Waals surface area contributed by atoms with Gasteiger partial charge in [0.1, 0.15) is 0 Å². The van der Waals surface area contributed by atoms with Crippen LogP contribution in [0.15, 0.2) is 24.3 Å². The quantitative estimate of drug-likeness (QED) is 0.877. The Labute approximate surface area is 120 Å². The summed E-state index contributed by atoms with van der Waals surface area (Å²) in [5, 5.41) is 7.91. The number of hydrogen-bond acceptors (Lipinski definition) is 3. The highest BCUT2D eigenvalue weighted by atomic mass is 16.5. The van der Waals surface area contributed by atoms with Crippen molar-refractivity contribution in [1.29, 1.82) is 0 Å². The molecule has 0 saturated carbocycles. The number of methoxy groups -OCH3 is 1. The highest BCUT2D eigenvalue weighted by Crippen LogP contribution is 2.23. The molecule has 0 unspecified atom stereocenters. The maximum absolute atomic E-state index is 5.42. The summed E-state index contributed by atoms with van der Waals surface area (Å²) >= 11 is 0. The molecule has 0 amide bonds. The molecule has 1 heterocycles. The third-order valence-electron chi connectivity index (χ3n) is 3.47. The fourth-order valence-corrected chi connectivity index (χ4v) is 2.50. The number of rotatable bonds is 6. The summed E-state index contributed by atoms with van der Waals surface area (Å²) in [4.78, 5) is 0. The minimum absolute atomic E-state index is 0.726. The van der Waals surface area contributed by atoms with Gasteiger partial charge in [-0.15, -0.1) is 0 Å². The molecular formula is C16H23N3O. The first-order valence-corrected chi connectivity index (χ1v) is 7.05. The molecule has 0 aliphatic heterocycles. The Morgan fingerprint density at radius 2 is 2.05 bits per heavy atom. The second-order valence-corrected chi connectivity index (χ2v) is 4.96. The van der Waals surface area contributed by atoms with E-state index in [1.54, 1.807) is 11.8 Å². The van der Waals surface area contributed by atoms with Gasteiger partial charge in [-0.05, 0) is 25.0 Å². The van der Waals surface area contributed by atoms with Gasteiger partial charge in [-0.25, -0.2) is 4.68 Å². The van der Waals surface area contributed by atoms with Gasteiger partial charge in [0.15, 0.2) is 0 Å². The van der Waals surface area contributed by atoms with Gasteiger partial charge in [-0.1, -0.05) is 31.5 Å². The van der Waals surface area contributed by atoms with Gasteiger partial charge in [-0.2, -0.15) is 5.10 Å². The van der Waals surface area contributed by atoms with Crippen LogP contribution in [0.5, 0.6) is 5.88 Å². The van der Waals surface area contributed by atoms with E-state index in [0.717, 1.165) is 36.5 Å². The number of aryl methyl sites for hydroxylation is 3. The molecule has 4 heteroatoms. The summed E-state index contributed by atoms with van der Waals surface area (Å²) < 4.78 is 7.21. The average molecular weight is 273 g/mol. The number of ether oxygens (including phenoxy) is 1. The Kier molecular flexibility index (Phi) is 4.66. The smallest absolute Gasteiger partial charge is 0.216 e. The van der Waals surface area contributed by atoms with Gasteiger partial charge in [-0.3, -0.25) is 0 Å². The third-order valence-corrected chi connectivity index (χ3v) is 3.47. The van der Waals surface area contributed by atoms with Crippen molar-refractivity contribution < 1.29 is 4.74 Å². The van der Waals surface area contributed by atoms with Crippen LogP contribution in [0.2, 0.25) is 0 Å². The molecule has 0 bridgehead atoms. The first kappa shape index (κ1) is 14.4. The summed E-state index contributed by atoms with van der Waals surface area (Å²) in [6.45, 7) is 4.94. The van der Waals surface area contributed by atoms with E-state index in [4.69, 9.17) is 4.74 Å². The van der Waals surface area contributed by atoms with Crippen LogP contribution in [0, 0.1) is 6.92 Å². The first-order chi connectivity index (χ1) is 9.67. The van der Waals surface area contributed by atoms with E-state index in [2.05, 4.69) is 41.6 Å². The Balaban J connectivity index is 2.17. The van der Waals surface area contributed by atoms with E-state index in [0.29, 0.717) is 0 Å². The van der Waals surface area contributed by atoms with Gasteiger partial charge in [0.05, 0.1) is 18.4 Å². The molecule has 1 aromatic carbocycles. The first-order valence-electron chi connectivity index (χ1n) is 7.05. The predicted molar refractivity (Wildman–Crippen MR) is 82.3 cm³/mol. The number of nitrogens with zero attached hydrogens (tertiary/aromatic N) is 2. The topological polar surface area (TPSA) is 39.1 Å². The minimum Gasteiger partial charge on any atom is -0.481 e. The van der Waals surface area contributed by atoms with Crippen molar-refractivity contribution in [3.8, 4) is 5.88 Å². The highest BCUT2D eigenvalue weighted by molar-refractivity contribution is 5.52. The predicted octanol–water partition coefficient (Wildman–Crippen LogP) is 3.30. The van der Waals surface area contributed by atoms with Crippen LogP contribution in [0.1, 0.15) is 30.2 Å². The molecule has 0 aliphatic carbocycles. The molecule has 0 radical (unpaired) electrons. The van der Waals surface area contributed by atoms with Crippen LogP contribution in [0.3, 0.4) is 0 Å². The van der Waals surface area contributed by atoms with Gasteiger partial charge in [0.2, 0.25) is 5.88 Å². The van der Waals surface area contributed by atoms with Crippen molar-refractivity contribution in [3.63, 3.8) is 0 Å². The number of aromatic nitrogens is 2. The number of hydrogen-bond donors (Lipinski definition) is 1. The lowest BCUT2D eigenvalue weighted by Gasteiger charge is -2.12. The molecule has 0 spiro atoms.